The number of rotatable bonds is 2. The number of hydrogen-bond acceptors (Lipinski definition) is 3. The Morgan fingerprint density at radius 2 is 1.67 bits per heavy atom. The fraction of sp³-hybridized carbons (Fsp3) is 0.286. The molecule has 0 atom stereocenters. The molecule has 0 spiro atoms. The van der Waals surface area contributed by atoms with Crippen LogP contribution in [0.4, 0.5) is 0 Å². The van der Waals surface area contributed by atoms with E-state index in [1.54, 1.807) is 0 Å². The van der Waals surface area contributed by atoms with Gasteiger partial charge in [0.15, 0.2) is 0 Å². The van der Waals surface area contributed by atoms with Gasteiger partial charge in [-0.3, -0.25) is 14.5 Å². The molecule has 1 aromatic carbocycles. The number of nitrogens with zero attached hydrogens (tertiary/aromatic N) is 1. The second kappa shape index (κ2) is 4.61. The van der Waals surface area contributed by atoms with Gasteiger partial charge in [-0.1, -0.05) is 30.0 Å². The van der Waals surface area contributed by atoms with Gasteiger partial charge in [0.05, 0.1) is 4.91 Å². The van der Waals surface area contributed by atoms with Crippen molar-refractivity contribution in [3.8, 4) is 0 Å². The molecule has 2 amide bonds. The Morgan fingerprint density at radius 1 is 1.06 bits per heavy atom. The molecule has 94 valence electrons. The monoisotopic (exact) mass is 261 g/mol. The smallest absolute Gasteiger partial charge is 0.268 e. The van der Waals surface area contributed by atoms with E-state index in [1.807, 2.05) is 51.1 Å². The van der Waals surface area contributed by atoms with Crippen LogP contribution < -0.4 is 0 Å². The van der Waals surface area contributed by atoms with Crippen molar-refractivity contribution in [2.75, 3.05) is 0 Å². The minimum absolute atomic E-state index is 0.207. The summed E-state index contributed by atoms with van der Waals surface area (Å²) in [5.74, 6) is -0.438. The van der Waals surface area contributed by atoms with Gasteiger partial charge in [0.1, 0.15) is 0 Å². The number of carbonyl (C=O) groups excluding carboxylic acids is 2. The van der Waals surface area contributed by atoms with Crippen LogP contribution >= 0.6 is 11.8 Å². The molecule has 3 nitrogen and oxygen atoms in total. The number of amides is 2. The van der Waals surface area contributed by atoms with Crippen molar-refractivity contribution in [1.29, 1.82) is 0 Å². The van der Waals surface area contributed by atoms with Crippen LogP contribution in [0.2, 0.25) is 0 Å². The predicted molar refractivity (Wildman–Crippen MR) is 72.0 cm³/mol. The normalized spacial score (nSPS) is 16.2. The lowest BCUT2D eigenvalue weighted by Crippen LogP contribution is -2.45. The molecule has 0 aliphatic carbocycles. The second-order valence-corrected chi connectivity index (χ2v) is 6.19. The van der Waals surface area contributed by atoms with Gasteiger partial charge in [0, 0.05) is 16.5 Å². The third kappa shape index (κ3) is 2.48. The Morgan fingerprint density at radius 3 is 2.17 bits per heavy atom. The van der Waals surface area contributed by atoms with Crippen molar-refractivity contribution in [3.05, 3.63) is 41.3 Å². The molecule has 18 heavy (non-hydrogen) atoms. The van der Waals surface area contributed by atoms with Gasteiger partial charge in [0.2, 0.25) is 0 Å². The summed E-state index contributed by atoms with van der Waals surface area (Å²) in [5.41, 5.74) is -0.482. The second-order valence-electron chi connectivity index (χ2n) is 5.07. The highest BCUT2D eigenvalue weighted by Gasteiger charge is 2.38. The van der Waals surface area contributed by atoms with Gasteiger partial charge < -0.3 is 0 Å². The van der Waals surface area contributed by atoms with Crippen LogP contribution in [0.1, 0.15) is 20.8 Å². The van der Waals surface area contributed by atoms with E-state index in [4.69, 9.17) is 0 Å². The topological polar surface area (TPSA) is 37.4 Å². The van der Waals surface area contributed by atoms with Crippen LogP contribution in [0.3, 0.4) is 0 Å². The lowest BCUT2D eigenvalue weighted by Gasteiger charge is -2.29. The Bertz CT molecular complexity index is 514. The van der Waals surface area contributed by atoms with Crippen LogP contribution in [0, 0.1) is 0 Å². The van der Waals surface area contributed by atoms with Crippen molar-refractivity contribution in [2.24, 2.45) is 0 Å². The lowest BCUT2D eigenvalue weighted by molar-refractivity contribution is -0.142. The summed E-state index contributed by atoms with van der Waals surface area (Å²) < 4.78 is 0. The molecular formula is C14H15NO2S. The highest BCUT2D eigenvalue weighted by molar-refractivity contribution is 8.04. The van der Waals surface area contributed by atoms with Crippen LogP contribution in [-0.4, -0.2) is 22.3 Å². The van der Waals surface area contributed by atoms with Crippen LogP contribution in [0.5, 0.6) is 0 Å². The molecule has 1 aliphatic heterocycles. The molecule has 0 aromatic heterocycles. The highest BCUT2D eigenvalue weighted by atomic mass is 32.2. The maximum atomic E-state index is 12.2. The molecule has 0 saturated carbocycles. The third-order valence-corrected chi connectivity index (χ3v) is 3.55. The summed E-state index contributed by atoms with van der Waals surface area (Å²) in [6.07, 6.45) is 1.42. The summed E-state index contributed by atoms with van der Waals surface area (Å²) in [6.45, 7) is 5.56. The first kappa shape index (κ1) is 12.9. The van der Waals surface area contributed by atoms with E-state index >= 15 is 0 Å². The molecule has 4 heteroatoms. The fourth-order valence-corrected chi connectivity index (χ4v) is 2.66. The SMILES string of the molecule is CC(C)(C)N1C(=O)C=C(Sc2ccccc2)C1=O. The van der Waals surface area contributed by atoms with E-state index in [0.717, 1.165) is 4.90 Å². The molecule has 2 rings (SSSR count). The van der Waals surface area contributed by atoms with E-state index < -0.39 is 5.54 Å². The number of benzene rings is 1. The summed E-state index contributed by atoms with van der Waals surface area (Å²) in [7, 11) is 0. The number of carbonyl (C=O) groups is 2. The summed E-state index contributed by atoms with van der Waals surface area (Å²) >= 11 is 1.33. The molecule has 1 heterocycles. The highest BCUT2D eigenvalue weighted by Crippen LogP contribution is 2.33. The van der Waals surface area contributed by atoms with E-state index in [0.29, 0.717) is 4.91 Å². The standard InChI is InChI=1S/C14H15NO2S/c1-14(2,3)15-12(16)9-11(13(15)17)18-10-7-5-4-6-8-10/h4-9H,1-3H3. The van der Waals surface area contributed by atoms with E-state index in [2.05, 4.69) is 0 Å². The minimum atomic E-state index is -0.482. The fourth-order valence-electron chi connectivity index (χ4n) is 1.77. The maximum absolute atomic E-state index is 12.2. The predicted octanol–water partition coefficient (Wildman–Crippen LogP) is 2.83. The average molecular weight is 261 g/mol. The molecular weight excluding hydrogens is 246 g/mol. The average Bonchev–Trinajstić information content (AvgIpc) is 2.54. The van der Waals surface area contributed by atoms with Crippen LogP contribution in [0.15, 0.2) is 46.2 Å². The number of imide groups is 1. The largest absolute Gasteiger partial charge is 0.269 e. The Hall–Kier alpha value is -1.55. The van der Waals surface area contributed by atoms with Gasteiger partial charge in [-0.25, -0.2) is 0 Å². The third-order valence-electron chi connectivity index (χ3n) is 2.53. The van der Waals surface area contributed by atoms with Gasteiger partial charge >= 0.3 is 0 Å². The zero-order valence-corrected chi connectivity index (χ0v) is 11.5. The Labute approximate surface area is 111 Å². The van der Waals surface area contributed by atoms with Gasteiger partial charge in [-0.2, -0.15) is 0 Å². The van der Waals surface area contributed by atoms with Crippen molar-refractivity contribution in [3.63, 3.8) is 0 Å². The zero-order valence-electron chi connectivity index (χ0n) is 10.6. The van der Waals surface area contributed by atoms with E-state index in [9.17, 15) is 9.59 Å². The molecule has 0 fully saturated rings. The Kier molecular flexibility index (Phi) is 3.30. The quantitative estimate of drug-likeness (QED) is 0.768. The number of thioether (sulfide) groups is 1. The lowest BCUT2D eigenvalue weighted by atomic mass is 10.1. The summed E-state index contributed by atoms with van der Waals surface area (Å²) in [5, 5.41) is 0. The first-order valence-corrected chi connectivity index (χ1v) is 6.54. The molecule has 0 radical (unpaired) electrons. The summed E-state index contributed by atoms with van der Waals surface area (Å²) in [6, 6.07) is 9.57. The molecule has 1 aliphatic rings. The summed E-state index contributed by atoms with van der Waals surface area (Å²) in [4.78, 5) is 26.8. The van der Waals surface area contributed by atoms with Crippen molar-refractivity contribution < 1.29 is 9.59 Å². The molecule has 0 N–H and O–H groups in total. The van der Waals surface area contributed by atoms with Crippen molar-refractivity contribution in [2.45, 2.75) is 31.2 Å². The number of hydrogen-bond donors (Lipinski definition) is 0. The molecule has 1 aromatic rings. The first-order valence-electron chi connectivity index (χ1n) is 5.73. The van der Waals surface area contributed by atoms with Crippen molar-refractivity contribution >= 4 is 23.6 Å². The Balaban J connectivity index is 2.20. The van der Waals surface area contributed by atoms with Gasteiger partial charge in [0.25, 0.3) is 11.8 Å². The molecule has 0 saturated heterocycles. The molecule has 0 bridgehead atoms. The minimum Gasteiger partial charge on any atom is -0.269 e. The first-order chi connectivity index (χ1) is 8.39. The van der Waals surface area contributed by atoms with Crippen LogP contribution in [0.25, 0.3) is 0 Å². The van der Waals surface area contributed by atoms with E-state index in [1.165, 1.54) is 22.7 Å². The maximum Gasteiger partial charge on any atom is 0.268 e. The van der Waals surface area contributed by atoms with Crippen LogP contribution in [-0.2, 0) is 9.59 Å². The van der Waals surface area contributed by atoms with Crippen molar-refractivity contribution in [1.82, 2.24) is 4.90 Å². The zero-order chi connectivity index (χ0) is 13.3. The molecule has 0 unspecified atom stereocenters. The van der Waals surface area contributed by atoms with E-state index in [-0.39, 0.29) is 11.8 Å². The van der Waals surface area contributed by atoms with Gasteiger partial charge in [-0.05, 0) is 32.9 Å². The van der Waals surface area contributed by atoms with Gasteiger partial charge in [-0.15, -0.1) is 0 Å².